The van der Waals surface area contributed by atoms with Gasteiger partial charge in [0.1, 0.15) is 17.3 Å². The number of nitrogens with one attached hydrogen (secondary N) is 3. The van der Waals surface area contributed by atoms with Crippen LogP contribution in [0.5, 0.6) is 5.75 Å². The van der Waals surface area contributed by atoms with Crippen molar-refractivity contribution in [2.45, 2.75) is 13.8 Å². The predicted molar refractivity (Wildman–Crippen MR) is 147 cm³/mol. The number of carbonyl (C=O) groups excluding carboxylic acids is 1. The molecule has 0 spiro atoms. The highest BCUT2D eigenvalue weighted by Crippen LogP contribution is 2.36. The Bertz CT molecular complexity index is 1820. The zero-order valence-corrected chi connectivity index (χ0v) is 20.7. The van der Waals surface area contributed by atoms with Gasteiger partial charge in [0.05, 0.1) is 23.1 Å². The zero-order chi connectivity index (χ0) is 26.4. The molecule has 0 saturated carbocycles. The summed E-state index contributed by atoms with van der Waals surface area (Å²) in [5.74, 6) is -0.822. The largest absolute Gasteiger partial charge is 0.508 e. The van der Waals surface area contributed by atoms with Crippen molar-refractivity contribution in [1.29, 1.82) is 0 Å². The summed E-state index contributed by atoms with van der Waals surface area (Å²) in [6.45, 7) is 3.69. The van der Waals surface area contributed by atoms with Crippen LogP contribution in [-0.4, -0.2) is 31.2 Å². The number of aromatic amines is 2. The van der Waals surface area contributed by atoms with E-state index in [9.17, 15) is 14.3 Å². The molecule has 0 unspecified atom stereocenters. The lowest BCUT2D eigenvalue weighted by Gasteiger charge is -2.09. The predicted octanol–water partition coefficient (Wildman–Crippen LogP) is 6.88. The number of halogens is 1. The summed E-state index contributed by atoms with van der Waals surface area (Å²) in [4.78, 5) is 19.9. The second kappa shape index (κ2) is 9.15. The molecule has 3 heterocycles. The Morgan fingerprint density at radius 3 is 2.61 bits per heavy atom. The average molecular weight is 506 g/mol. The highest BCUT2D eigenvalue weighted by atomic mass is 19.1. The number of phenols is 1. The van der Waals surface area contributed by atoms with E-state index >= 15 is 0 Å². The van der Waals surface area contributed by atoms with Gasteiger partial charge in [-0.25, -0.2) is 4.39 Å². The number of benzene rings is 3. The number of anilines is 1. The van der Waals surface area contributed by atoms with Crippen molar-refractivity contribution in [2.75, 3.05) is 5.32 Å². The number of amides is 1. The molecule has 38 heavy (non-hydrogen) atoms. The van der Waals surface area contributed by atoms with Gasteiger partial charge < -0.3 is 15.4 Å². The van der Waals surface area contributed by atoms with E-state index in [1.807, 2.05) is 62.4 Å². The van der Waals surface area contributed by atoms with Crippen LogP contribution in [0.1, 0.15) is 13.8 Å². The standard InChI is InChI=1S/C30H24FN5O2/c1-16(2)30(38)33-21-9-19(14-32-15-21)17-6-7-27-25(11-17)29(36-35-27)28-13-24-23(4-3-5-26(24)34-28)18-8-20(31)12-22(37)10-18/h3-16,34,37H,1-2H3,(H,33,38)(H,35,36). The number of rotatable bonds is 5. The fourth-order valence-electron chi connectivity index (χ4n) is 4.62. The third-order valence-electron chi connectivity index (χ3n) is 6.54. The summed E-state index contributed by atoms with van der Waals surface area (Å²) >= 11 is 0. The molecule has 0 aliphatic heterocycles. The lowest BCUT2D eigenvalue weighted by molar-refractivity contribution is -0.118. The van der Waals surface area contributed by atoms with Crippen LogP contribution < -0.4 is 5.32 Å². The molecule has 6 rings (SSSR count). The molecule has 7 nitrogen and oxygen atoms in total. The highest BCUT2D eigenvalue weighted by molar-refractivity contribution is 6.02. The molecule has 0 aliphatic carbocycles. The molecule has 3 aromatic carbocycles. The van der Waals surface area contributed by atoms with Crippen LogP contribution >= 0.6 is 0 Å². The molecule has 6 aromatic rings. The first-order chi connectivity index (χ1) is 18.4. The Morgan fingerprint density at radius 2 is 1.79 bits per heavy atom. The van der Waals surface area contributed by atoms with Gasteiger partial charge in [-0.3, -0.25) is 14.9 Å². The number of fused-ring (bicyclic) bond motifs is 2. The van der Waals surface area contributed by atoms with Crippen LogP contribution in [-0.2, 0) is 4.79 Å². The van der Waals surface area contributed by atoms with Crippen LogP contribution in [0, 0.1) is 11.7 Å². The second-order valence-electron chi connectivity index (χ2n) is 9.59. The molecule has 0 radical (unpaired) electrons. The number of aromatic nitrogens is 4. The fourth-order valence-corrected chi connectivity index (χ4v) is 4.62. The Balaban J connectivity index is 1.42. The van der Waals surface area contributed by atoms with Crippen molar-refractivity contribution in [3.8, 4) is 39.4 Å². The maximum atomic E-state index is 14.0. The monoisotopic (exact) mass is 505 g/mol. The smallest absolute Gasteiger partial charge is 0.226 e. The summed E-state index contributed by atoms with van der Waals surface area (Å²) in [6.07, 6.45) is 3.39. The first-order valence-electron chi connectivity index (χ1n) is 12.2. The summed E-state index contributed by atoms with van der Waals surface area (Å²) in [6, 6.07) is 19.6. The maximum Gasteiger partial charge on any atom is 0.226 e. The molecule has 1 amide bonds. The van der Waals surface area contributed by atoms with Crippen LogP contribution in [0.4, 0.5) is 10.1 Å². The van der Waals surface area contributed by atoms with Gasteiger partial charge in [-0.05, 0) is 59.2 Å². The molecular weight excluding hydrogens is 481 g/mol. The minimum absolute atomic E-state index is 0.0665. The van der Waals surface area contributed by atoms with Crippen molar-refractivity contribution in [1.82, 2.24) is 20.2 Å². The third kappa shape index (κ3) is 4.26. The highest BCUT2D eigenvalue weighted by Gasteiger charge is 2.15. The number of pyridine rings is 1. The van der Waals surface area contributed by atoms with Gasteiger partial charge in [-0.1, -0.05) is 32.0 Å². The van der Waals surface area contributed by atoms with Crippen molar-refractivity contribution < 1.29 is 14.3 Å². The van der Waals surface area contributed by atoms with Crippen LogP contribution in [0.25, 0.3) is 55.4 Å². The van der Waals surface area contributed by atoms with E-state index < -0.39 is 5.82 Å². The Kier molecular flexibility index (Phi) is 5.64. The molecule has 0 fully saturated rings. The van der Waals surface area contributed by atoms with Crippen LogP contribution in [0.15, 0.2) is 79.1 Å². The van der Waals surface area contributed by atoms with E-state index in [0.29, 0.717) is 11.3 Å². The van der Waals surface area contributed by atoms with Gasteiger partial charge in [-0.15, -0.1) is 0 Å². The van der Waals surface area contributed by atoms with Crippen molar-refractivity contribution in [3.63, 3.8) is 0 Å². The molecule has 188 valence electrons. The van der Waals surface area contributed by atoms with E-state index in [1.165, 1.54) is 6.07 Å². The molecule has 4 N–H and O–H groups in total. The SMILES string of the molecule is CC(C)C(=O)Nc1cncc(-c2ccc3[nH]nc(-c4cc5c(-c6cc(O)cc(F)c6)cccc5[nH]4)c3c2)c1. The number of aromatic hydroxyl groups is 1. The number of H-pyrrole nitrogens is 2. The van der Waals surface area contributed by atoms with Crippen molar-refractivity contribution >= 4 is 33.4 Å². The quantitative estimate of drug-likeness (QED) is 0.205. The zero-order valence-electron chi connectivity index (χ0n) is 20.7. The number of carbonyl (C=O) groups is 1. The summed E-state index contributed by atoms with van der Waals surface area (Å²) in [5, 5.41) is 22.3. The summed E-state index contributed by atoms with van der Waals surface area (Å²) < 4.78 is 14.0. The lowest BCUT2D eigenvalue weighted by Crippen LogP contribution is -2.17. The van der Waals surface area contributed by atoms with Crippen LogP contribution in [0.3, 0.4) is 0 Å². The average Bonchev–Trinajstić information content (AvgIpc) is 3.51. The number of hydrogen-bond acceptors (Lipinski definition) is 4. The first kappa shape index (κ1) is 23.4. The van der Waals surface area contributed by atoms with Gasteiger partial charge >= 0.3 is 0 Å². The van der Waals surface area contributed by atoms with E-state index in [1.54, 1.807) is 18.5 Å². The Labute approximate surface area is 217 Å². The molecule has 0 atom stereocenters. The van der Waals surface area contributed by atoms with E-state index in [4.69, 9.17) is 0 Å². The first-order valence-corrected chi connectivity index (χ1v) is 12.2. The number of hydrogen-bond donors (Lipinski definition) is 4. The third-order valence-corrected chi connectivity index (χ3v) is 6.54. The topological polar surface area (TPSA) is 107 Å². The van der Waals surface area contributed by atoms with Gasteiger partial charge in [0.15, 0.2) is 0 Å². The Hall–Kier alpha value is -4.98. The van der Waals surface area contributed by atoms with Gasteiger partial charge in [0.2, 0.25) is 5.91 Å². The van der Waals surface area contributed by atoms with Gasteiger partial charge in [0, 0.05) is 40.0 Å². The summed E-state index contributed by atoms with van der Waals surface area (Å²) in [5.41, 5.74) is 7.10. The summed E-state index contributed by atoms with van der Waals surface area (Å²) in [7, 11) is 0. The fraction of sp³-hybridized carbons (Fsp3) is 0.100. The minimum Gasteiger partial charge on any atom is -0.508 e. The Morgan fingerprint density at radius 1 is 0.921 bits per heavy atom. The number of phenolic OH excluding ortho intramolecular Hbond substituents is 1. The van der Waals surface area contributed by atoms with Crippen molar-refractivity contribution in [2.24, 2.45) is 5.92 Å². The number of nitrogens with zero attached hydrogens (tertiary/aromatic N) is 2. The van der Waals surface area contributed by atoms with Gasteiger partial charge in [-0.2, -0.15) is 5.10 Å². The van der Waals surface area contributed by atoms with E-state index in [-0.39, 0.29) is 17.6 Å². The molecule has 3 aromatic heterocycles. The van der Waals surface area contributed by atoms with E-state index in [0.717, 1.165) is 56.0 Å². The minimum atomic E-state index is -0.499. The molecule has 8 heteroatoms. The van der Waals surface area contributed by atoms with Gasteiger partial charge in [0.25, 0.3) is 0 Å². The molecule has 0 saturated heterocycles. The van der Waals surface area contributed by atoms with Crippen molar-refractivity contribution in [3.05, 3.63) is 84.9 Å². The molecular formula is C30H24FN5O2. The molecule has 0 aliphatic rings. The normalized spacial score (nSPS) is 11.5. The van der Waals surface area contributed by atoms with Crippen LogP contribution in [0.2, 0.25) is 0 Å². The van der Waals surface area contributed by atoms with E-state index in [2.05, 4.69) is 25.5 Å². The maximum absolute atomic E-state index is 14.0. The second-order valence-corrected chi connectivity index (χ2v) is 9.59. The lowest BCUT2D eigenvalue weighted by atomic mass is 10.0. The molecule has 0 bridgehead atoms.